The van der Waals surface area contributed by atoms with Crippen molar-refractivity contribution >= 4 is 27.4 Å². The average molecular weight is 301 g/mol. The predicted molar refractivity (Wildman–Crippen MR) is 84.9 cm³/mol. The third-order valence-corrected chi connectivity index (χ3v) is 3.72. The zero-order chi connectivity index (χ0) is 15.0. The maximum atomic E-state index is 10.1. The molecule has 0 bridgehead atoms. The third-order valence-electron chi connectivity index (χ3n) is 2.95. The first-order valence-electron chi connectivity index (χ1n) is 6.58. The standard InChI is InChI=1S/C15H15N3O2S/c1-8(2)16-15-18-13(7-21-15)12-6-14(20)10-4-3-9(19)5-11(10)17-12/h3-8,19H,1-2H3,(H,16,18)(H,17,20). The second kappa shape index (κ2) is 5.21. The topological polar surface area (TPSA) is 78.3 Å². The first kappa shape index (κ1) is 13.6. The zero-order valence-electron chi connectivity index (χ0n) is 11.7. The van der Waals surface area contributed by atoms with E-state index in [1.807, 2.05) is 19.2 Å². The van der Waals surface area contributed by atoms with E-state index >= 15 is 0 Å². The van der Waals surface area contributed by atoms with Crippen LogP contribution in [0.25, 0.3) is 22.3 Å². The largest absolute Gasteiger partial charge is 0.508 e. The predicted octanol–water partition coefficient (Wildman–Crippen LogP) is 3.59. The molecule has 6 heteroatoms. The van der Waals surface area contributed by atoms with Crippen LogP contribution in [0.2, 0.25) is 0 Å². The second-order valence-corrected chi connectivity index (χ2v) is 5.92. The minimum Gasteiger partial charge on any atom is -0.508 e. The minimum absolute atomic E-state index is 0.118. The first-order valence-corrected chi connectivity index (χ1v) is 7.46. The van der Waals surface area contributed by atoms with Crippen molar-refractivity contribution in [1.82, 2.24) is 9.97 Å². The quantitative estimate of drug-likeness (QED) is 0.689. The molecule has 108 valence electrons. The monoisotopic (exact) mass is 301 g/mol. The number of hydrogen-bond acceptors (Lipinski definition) is 6. The summed E-state index contributed by atoms with van der Waals surface area (Å²) >= 11 is 1.49. The Bertz CT molecular complexity index is 799. The van der Waals surface area contributed by atoms with Gasteiger partial charge in [-0.2, -0.15) is 0 Å². The Morgan fingerprint density at radius 2 is 1.90 bits per heavy atom. The van der Waals surface area contributed by atoms with Gasteiger partial charge in [0.2, 0.25) is 0 Å². The molecule has 0 aliphatic rings. The van der Waals surface area contributed by atoms with Crippen LogP contribution in [0.3, 0.4) is 0 Å². The first-order chi connectivity index (χ1) is 10.0. The lowest BCUT2D eigenvalue weighted by Crippen LogP contribution is -2.09. The van der Waals surface area contributed by atoms with Gasteiger partial charge in [-0.05, 0) is 26.0 Å². The Morgan fingerprint density at radius 3 is 2.67 bits per heavy atom. The van der Waals surface area contributed by atoms with Crippen LogP contribution in [-0.2, 0) is 0 Å². The summed E-state index contributed by atoms with van der Waals surface area (Å²) in [5, 5.41) is 26.2. The van der Waals surface area contributed by atoms with Crippen molar-refractivity contribution < 1.29 is 10.2 Å². The number of rotatable bonds is 3. The highest BCUT2D eigenvalue weighted by Crippen LogP contribution is 2.32. The molecule has 0 saturated carbocycles. The highest BCUT2D eigenvalue weighted by atomic mass is 32.1. The molecule has 3 rings (SSSR count). The van der Waals surface area contributed by atoms with Crippen LogP contribution in [0, 0.1) is 0 Å². The molecule has 2 heterocycles. The number of thiazole rings is 1. The van der Waals surface area contributed by atoms with Gasteiger partial charge in [-0.25, -0.2) is 9.97 Å². The van der Waals surface area contributed by atoms with Crippen LogP contribution in [0.15, 0.2) is 29.6 Å². The van der Waals surface area contributed by atoms with E-state index in [0.29, 0.717) is 28.3 Å². The molecule has 5 nitrogen and oxygen atoms in total. The number of hydrogen-bond donors (Lipinski definition) is 3. The van der Waals surface area contributed by atoms with Crippen LogP contribution < -0.4 is 5.32 Å². The molecule has 0 aliphatic carbocycles. The Morgan fingerprint density at radius 1 is 1.10 bits per heavy atom. The van der Waals surface area contributed by atoms with Gasteiger partial charge in [0, 0.05) is 28.9 Å². The molecule has 21 heavy (non-hydrogen) atoms. The van der Waals surface area contributed by atoms with Gasteiger partial charge in [0.05, 0.1) is 11.2 Å². The Balaban J connectivity index is 2.06. The van der Waals surface area contributed by atoms with Crippen LogP contribution in [0.5, 0.6) is 11.5 Å². The van der Waals surface area contributed by atoms with E-state index in [1.54, 1.807) is 12.1 Å². The average Bonchev–Trinajstić information content (AvgIpc) is 2.85. The normalized spacial score (nSPS) is 11.2. The molecule has 0 spiro atoms. The van der Waals surface area contributed by atoms with Crippen molar-refractivity contribution in [2.75, 3.05) is 5.32 Å². The molecule has 0 saturated heterocycles. The second-order valence-electron chi connectivity index (χ2n) is 5.07. The van der Waals surface area contributed by atoms with Gasteiger partial charge in [-0.1, -0.05) is 0 Å². The Kier molecular flexibility index (Phi) is 3.39. The van der Waals surface area contributed by atoms with Gasteiger partial charge >= 0.3 is 0 Å². The highest BCUT2D eigenvalue weighted by molar-refractivity contribution is 7.14. The van der Waals surface area contributed by atoms with Crippen molar-refractivity contribution in [1.29, 1.82) is 0 Å². The van der Waals surface area contributed by atoms with Crippen LogP contribution >= 0.6 is 11.3 Å². The van der Waals surface area contributed by atoms with Gasteiger partial charge in [-0.15, -0.1) is 11.3 Å². The van der Waals surface area contributed by atoms with Gasteiger partial charge < -0.3 is 15.5 Å². The fourth-order valence-corrected chi connectivity index (χ4v) is 2.89. The van der Waals surface area contributed by atoms with E-state index in [4.69, 9.17) is 0 Å². The fourth-order valence-electron chi connectivity index (χ4n) is 2.03. The summed E-state index contributed by atoms with van der Waals surface area (Å²) in [4.78, 5) is 8.92. The van der Waals surface area contributed by atoms with E-state index < -0.39 is 0 Å². The SMILES string of the molecule is CC(C)Nc1nc(-c2cc(O)c3ccc(O)cc3n2)cs1. The maximum Gasteiger partial charge on any atom is 0.183 e. The number of nitrogens with zero attached hydrogens (tertiary/aromatic N) is 2. The number of pyridine rings is 1. The number of phenols is 1. The van der Waals surface area contributed by atoms with E-state index in [-0.39, 0.29) is 11.5 Å². The van der Waals surface area contributed by atoms with Crippen molar-refractivity contribution in [3.05, 3.63) is 29.6 Å². The molecule has 2 aromatic heterocycles. The van der Waals surface area contributed by atoms with Crippen LogP contribution in [0.1, 0.15) is 13.8 Å². The number of benzene rings is 1. The van der Waals surface area contributed by atoms with Gasteiger partial charge in [0.1, 0.15) is 17.2 Å². The lowest BCUT2D eigenvalue weighted by Gasteiger charge is -2.05. The summed E-state index contributed by atoms with van der Waals surface area (Å²) in [6.07, 6.45) is 0. The summed E-state index contributed by atoms with van der Waals surface area (Å²) < 4.78 is 0. The highest BCUT2D eigenvalue weighted by Gasteiger charge is 2.11. The summed E-state index contributed by atoms with van der Waals surface area (Å²) in [5.41, 5.74) is 1.82. The Hall–Kier alpha value is -2.34. The number of aromatic nitrogens is 2. The number of aromatic hydroxyl groups is 2. The lowest BCUT2D eigenvalue weighted by molar-refractivity contribution is 0.475. The van der Waals surface area contributed by atoms with Crippen LogP contribution in [-0.4, -0.2) is 26.2 Å². The summed E-state index contributed by atoms with van der Waals surface area (Å²) in [6.45, 7) is 4.09. The Labute approximate surface area is 125 Å². The summed E-state index contributed by atoms with van der Waals surface area (Å²) in [5.74, 6) is 0.244. The molecule has 1 aromatic carbocycles. The molecular formula is C15H15N3O2S. The van der Waals surface area contributed by atoms with Crippen molar-refractivity contribution in [2.24, 2.45) is 0 Å². The van der Waals surface area contributed by atoms with E-state index in [1.165, 1.54) is 23.5 Å². The van der Waals surface area contributed by atoms with Gasteiger partial charge in [0.25, 0.3) is 0 Å². The van der Waals surface area contributed by atoms with Crippen LogP contribution in [0.4, 0.5) is 5.13 Å². The number of anilines is 1. The van der Waals surface area contributed by atoms with E-state index in [0.717, 1.165) is 5.13 Å². The number of fused-ring (bicyclic) bond motifs is 1. The smallest absolute Gasteiger partial charge is 0.183 e. The van der Waals surface area contributed by atoms with E-state index in [9.17, 15) is 10.2 Å². The number of phenolic OH excluding ortho intramolecular Hbond substituents is 1. The summed E-state index contributed by atoms with van der Waals surface area (Å²) in [6, 6.07) is 6.59. The molecule has 0 unspecified atom stereocenters. The molecule has 0 aliphatic heterocycles. The molecule has 0 fully saturated rings. The fraction of sp³-hybridized carbons (Fsp3) is 0.200. The third kappa shape index (κ3) is 2.75. The lowest BCUT2D eigenvalue weighted by atomic mass is 10.1. The molecule has 3 aromatic rings. The van der Waals surface area contributed by atoms with E-state index in [2.05, 4.69) is 15.3 Å². The molecule has 0 amide bonds. The van der Waals surface area contributed by atoms with Crippen molar-refractivity contribution in [3.8, 4) is 22.9 Å². The van der Waals surface area contributed by atoms with Crippen molar-refractivity contribution in [3.63, 3.8) is 0 Å². The maximum absolute atomic E-state index is 10.1. The van der Waals surface area contributed by atoms with Crippen molar-refractivity contribution in [2.45, 2.75) is 19.9 Å². The molecule has 0 radical (unpaired) electrons. The van der Waals surface area contributed by atoms with Gasteiger partial charge in [0.15, 0.2) is 5.13 Å². The molecule has 3 N–H and O–H groups in total. The zero-order valence-corrected chi connectivity index (χ0v) is 12.5. The van der Waals surface area contributed by atoms with Gasteiger partial charge in [-0.3, -0.25) is 0 Å². The number of nitrogens with one attached hydrogen (secondary N) is 1. The molecule has 0 atom stereocenters. The molecular weight excluding hydrogens is 286 g/mol. The summed E-state index contributed by atoms with van der Waals surface area (Å²) in [7, 11) is 0. The minimum atomic E-state index is 0.118.